The Morgan fingerprint density at radius 1 is 1.00 bits per heavy atom. The molecule has 2 aromatic carbocycles. The van der Waals surface area contributed by atoms with Gasteiger partial charge in [-0.15, -0.1) is 0 Å². The van der Waals surface area contributed by atoms with Gasteiger partial charge in [-0.3, -0.25) is 9.59 Å². The second-order valence-electron chi connectivity index (χ2n) is 5.28. The number of benzene rings is 2. The molecule has 0 radical (unpaired) electrons. The standard InChI is InChI=1S/C18H17NO2/c20-17(13-14-5-2-1-3-6-14)15-8-10-16(11-9-15)19-12-4-7-18(19)21/h1-3,5-6,8-11H,4,7,12-13H2. The van der Waals surface area contributed by atoms with Crippen molar-refractivity contribution in [1.29, 1.82) is 0 Å². The first kappa shape index (κ1) is 13.6. The van der Waals surface area contributed by atoms with Crippen LogP contribution in [0.15, 0.2) is 54.6 Å². The summed E-state index contributed by atoms with van der Waals surface area (Å²) in [7, 11) is 0. The van der Waals surface area contributed by atoms with Crippen molar-refractivity contribution in [2.75, 3.05) is 11.4 Å². The average molecular weight is 279 g/mol. The molecule has 1 aliphatic heterocycles. The summed E-state index contributed by atoms with van der Waals surface area (Å²) in [5.41, 5.74) is 2.59. The highest BCUT2D eigenvalue weighted by atomic mass is 16.2. The van der Waals surface area contributed by atoms with Crippen LogP contribution in [0.5, 0.6) is 0 Å². The molecule has 3 heteroatoms. The van der Waals surface area contributed by atoms with Crippen molar-refractivity contribution in [2.45, 2.75) is 19.3 Å². The van der Waals surface area contributed by atoms with Gasteiger partial charge in [0, 0.05) is 30.6 Å². The Labute approximate surface area is 124 Å². The van der Waals surface area contributed by atoms with E-state index in [4.69, 9.17) is 0 Å². The number of amides is 1. The molecule has 2 aromatic rings. The molecule has 0 saturated carbocycles. The lowest BCUT2D eigenvalue weighted by molar-refractivity contribution is -0.117. The van der Waals surface area contributed by atoms with Crippen molar-refractivity contribution in [3.63, 3.8) is 0 Å². The summed E-state index contributed by atoms with van der Waals surface area (Å²) < 4.78 is 0. The van der Waals surface area contributed by atoms with Crippen LogP contribution in [0.4, 0.5) is 5.69 Å². The predicted octanol–water partition coefficient (Wildman–Crippen LogP) is 3.24. The Kier molecular flexibility index (Phi) is 3.82. The zero-order valence-corrected chi connectivity index (χ0v) is 11.8. The van der Waals surface area contributed by atoms with Gasteiger partial charge in [0.05, 0.1) is 0 Å². The van der Waals surface area contributed by atoms with Crippen LogP contribution in [0.2, 0.25) is 0 Å². The summed E-state index contributed by atoms with van der Waals surface area (Å²) in [5, 5.41) is 0. The van der Waals surface area contributed by atoms with E-state index in [-0.39, 0.29) is 11.7 Å². The molecule has 0 bridgehead atoms. The second kappa shape index (κ2) is 5.92. The second-order valence-corrected chi connectivity index (χ2v) is 5.28. The lowest BCUT2D eigenvalue weighted by Gasteiger charge is -2.15. The number of nitrogens with zero attached hydrogens (tertiary/aromatic N) is 1. The minimum Gasteiger partial charge on any atom is -0.312 e. The van der Waals surface area contributed by atoms with Crippen LogP contribution >= 0.6 is 0 Å². The van der Waals surface area contributed by atoms with Gasteiger partial charge in [-0.25, -0.2) is 0 Å². The lowest BCUT2D eigenvalue weighted by atomic mass is 10.0. The Bertz CT molecular complexity index is 647. The van der Waals surface area contributed by atoms with Crippen LogP contribution in [0.3, 0.4) is 0 Å². The monoisotopic (exact) mass is 279 g/mol. The molecular formula is C18H17NO2. The number of ketones is 1. The lowest BCUT2D eigenvalue weighted by Crippen LogP contribution is -2.23. The highest BCUT2D eigenvalue weighted by molar-refractivity contribution is 5.99. The molecule has 1 fully saturated rings. The fourth-order valence-electron chi connectivity index (χ4n) is 2.63. The molecule has 0 aliphatic carbocycles. The molecule has 0 aromatic heterocycles. The van der Waals surface area contributed by atoms with Crippen molar-refractivity contribution in [1.82, 2.24) is 0 Å². The zero-order valence-electron chi connectivity index (χ0n) is 11.8. The third-order valence-electron chi connectivity index (χ3n) is 3.78. The molecule has 1 amide bonds. The zero-order chi connectivity index (χ0) is 14.7. The first-order valence-electron chi connectivity index (χ1n) is 7.21. The Morgan fingerprint density at radius 2 is 1.71 bits per heavy atom. The fraction of sp³-hybridized carbons (Fsp3) is 0.222. The molecule has 21 heavy (non-hydrogen) atoms. The van der Waals surface area contributed by atoms with Crippen molar-refractivity contribution in [2.24, 2.45) is 0 Å². The maximum Gasteiger partial charge on any atom is 0.227 e. The van der Waals surface area contributed by atoms with Crippen LogP contribution in [-0.2, 0) is 11.2 Å². The van der Waals surface area contributed by atoms with Crippen molar-refractivity contribution in [3.05, 3.63) is 65.7 Å². The minimum absolute atomic E-state index is 0.0977. The normalized spacial score (nSPS) is 14.5. The van der Waals surface area contributed by atoms with Gasteiger partial charge in [-0.05, 0) is 36.2 Å². The average Bonchev–Trinajstić information content (AvgIpc) is 2.94. The summed E-state index contributed by atoms with van der Waals surface area (Å²) >= 11 is 0. The van der Waals surface area contributed by atoms with Gasteiger partial charge >= 0.3 is 0 Å². The van der Waals surface area contributed by atoms with Gasteiger partial charge in [-0.1, -0.05) is 30.3 Å². The van der Waals surface area contributed by atoms with E-state index in [1.165, 1.54) is 0 Å². The van der Waals surface area contributed by atoms with Crippen molar-refractivity contribution in [3.8, 4) is 0 Å². The van der Waals surface area contributed by atoms with Crippen LogP contribution in [0.1, 0.15) is 28.8 Å². The molecule has 0 N–H and O–H groups in total. The largest absolute Gasteiger partial charge is 0.312 e. The van der Waals surface area contributed by atoms with Gasteiger partial charge in [0.1, 0.15) is 0 Å². The van der Waals surface area contributed by atoms with E-state index < -0.39 is 0 Å². The summed E-state index contributed by atoms with van der Waals surface area (Å²) in [4.78, 5) is 25.7. The number of carbonyl (C=O) groups excluding carboxylic acids is 2. The van der Waals surface area contributed by atoms with Crippen molar-refractivity contribution < 1.29 is 9.59 Å². The molecule has 3 rings (SSSR count). The highest BCUT2D eigenvalue weighted by Crippen LogP contribution is 2.22. The molecule has 0 unspecified atom stereocenters. The Balaban J connectivity index is 1.72. The highest BCUT2D eigenvalue weighted by Gasteiger charge is 2.21. The molecule has 106 valence electrons. The molecule has 3 nitrogen and oxygen atoms in total. The number of hydrogen-bond acceptors (Lipinski definition) is 2. The fourth-order valence-corrected chi connectivity index (χ4v) is 2.63. The number of carbonyl (C=O) groups is 2. The molecule has 1 heterocycles. The molecule has 1 aliphatic rings. The smallest absolute Gasteiger partial charge is 0.227 e. The van der Waals surface area contributed by atoms with E-state index in [0.29, 0.717) is 18.4 Å². The van der Waals surface area contributed by atoms with Crippen molar-refractivity contribution >= 4 is 17.4 Å². The number of Topliss-reactive ketones (excluding diaryl/α,β-unsaturated/α-hetero) is 1. The van der Waals surface area contributed by atoms with Crippen LogP contribution in [0.25, 0.3) is 0 Å². The molecule has 1 saturated heterocycles. The number of anilines is 1. The third-order valence-corrected chi connectivity index (χ3v) is 3.78. The number of hydrogen-bond donors (Lipinski definition) is 0. The minimum atomic E-state index is 0.0977. The summed E-state index contributed by atoms with van der Waals surface area (Å²) in [6.07, 6.45) is 1.94. The predicted molar refractivity (Wildman–Crippen MR) is 82.5 cm³/mol. The van der Waals surface area contributed by atoms with E-state index in [9.17, 15) is 9.59 Å². The SMILES string of the molecule is O=C(Cc1ccccc1)c1ccc(N2CCCC2=O)cc1. The van der Waals surface area contributed by atoms with Gasteiger partial charge in [0.25, 0.3) is 0 Å². The quantitative estimate of drug-likeness (QED) is 0.806. The maximum atomic E-state index is 12.2. The van der Waals surface area contributed by atoms with Gasteiger partial charge in [0.2, 0.25) is 5.91 Å². The number of rotatable bonds is 4. The van der Waals surface area contributed by atoms with E-state index >= 15 is 0 Å². The van der Waals surface area contributed by atoms with E-state index in [1.807, 2.05) is 54.6 Å². The van der Waals surface area contributed by atoms with Crippen LogP contribution < -0.4 is 4.90 Å². The third kappa shape index (κ3) is 3.02. The van der Waals surface area contributed by atoms with Gasteiger partial charge < -0.3 is 4.90 Å². The summed E-state index contributed by atoms with van der Waals surface area (Å²) in [6, 6.07) is 17.1. The van der Waals surface area contributed by atoms with E-state index in [0.717, 1.165) is 24.2 Å². The first-order chi connectivity index (χ1) is 10.2. The van der Waals surface area contributed by atoms with Gasteiger partial charge in [0.15, 0.2) is 5.78 Å². The van der Waals surface area contributed by atoms with E-state index in [2.05, 4.69) is 0 Å². The summed E-state index contributed by atoms with van der Waals surface area (Å²) in [6.45, 7) is 0.774. The summed E-state index contributed by atoms with van der Waals surface area (Å²) in [5.74, 6) is 0.263. The molecular weight excluding hydrogens is 262 g/mol. The Morgan fingerprint density at radius 3 is 2.33 bits per heavy atom. The van der Waals surface area contributed by atoms with Crippen LogP contribution in [0, 0.1) is 0 Å². The molecule has 0 atom stereocenters. The van der Waals surface area contributed by atoms with Crippen LogP contribution in [-0.4, -0.2) is 18.2 Å². The van der Waals surface area contributed by atoms with Gasteiger partial charge in [-0.2, -0.15) is 0 Å². The molecule has 0 spiro atoms. The topological polar surface area (TPSA) is 37.4 Å². The Hall–Kier alpha value is -2.42. The van der Waals surface area contributed by atoms with E-state index in [1.54, 1.807) is 4.90 Å². The first-order valence-corrected chi connectivity index (χ1v) is 7.21. The maximum absolute atomic E-state index is 12.2.